The number of methoxy groups -OCH3 is 4. The topological polar surface area (TPSA) is 183 Å². The molecular formula is C76H74N8O8. The Kier molecular flexibility index (Phi) is 15.0. The van der Waals surface area contributed by atoms with Crippen molar-refractivity contribution in [3.63, 3.8) is 0 Å². The van der Waals surface area contributed by atoms with E-state index < -0.39 is 0 Å². The van der Waals surface area contributed by atoms with Crippen LogP contribution in [0.15, 0.2) is 146 Å². The lowest BCUT2D eigenvalue weighted by Crippen LogP contribution is -2.12. The number of ether oxygens (including phenoxy) is 8. The van der Waals surface area contributed by atoms with Gasteiger partial charge in [-0.2, -0.15) is 0 Å². The van der Waals surface area contributed by atoms with E-state index in [9.17, 15) is 0 Å². The van der Waals surface area contributed by atoms with Crippen LogP contribution in [0.2, 0.25) is 0 Å². The zero-order valence-electron chi connectivity index (χ0n) is 54.8. The van der Waals surface area contributed by atoms with Crippen molar-refractivity contribution in [3.05, 3.63) is 168 Å². The van der Waals surface area contributed by atoms with E-state index in [1.54, 1.807) is 28.4 Å². The molecule has 2 aliphatic heterocycles. The second-order valence-corrected chi connectivity index (χ2v) is 27.3. The van der Waals surface area contributed by atoms with E-state index in [4.69, 9.17) is 67.8 Å². The summed E-state index contributed by atoms with van der Waals surface area (Å²) in [6, 6.07) is 46.9. The molecule has 0 spiro atoms. The van der Waals surface area contributed by atoms with Gasteiger partial charge in [0.1, 0.15) is 91.6 Å². The van der Waals surface area contributed by atoms with Gasteiger partial charge in [-0.3, -0.25) is 0 Å². The highest BCUT2D eigenvalue weighted by Gasteiger charge is 2.28. The Balaban J connectivity index is 1.04. The molecule has 8 aromatic carbocycles. The number of rotatable bonds is 12. The number of aromatic nitrogens is 8. The minimum Gasteiger partial charge on any atom is -0.496 e. The maximum atomic E-state index is 6.70. The molecule has 16 nitrogen and oxygen atoms in total. The molecular weight excluding hydrogens is 1150 g/mol. The maximum Gasteiger partial charge on any atom is 0.164 e. The fourth-order valence-electron chi connectivity index (χ4n) is 11.9. The minimum atomic E-state index is -0.218. The highest BCUT2D eigenvalue weighted by molar-refractivity contribution is 6.07. The van der Waals surface area contributed by atoms with Crippen LogP contribution >= 0.6 is 0 Å². The first-order valence-electron chi connectivity index (χ1n) is 30.7. The third kappa shape index (κ3) is 11.6. The lowest BCUT2D eigenvalue weighted by molar-refractivity contribution is 0.394. The van der Waals surface area contributed by atoms with Crippen molar-refractivity contribution in [2.45, 2.75) is 105 Å². The summed E-state index contributed by atoms with van der Waals surface area (Å²) >= 11 is 0. The van der Waals surface area contributed by atoms with Gasteiger partial charge in [0.05, 0.1) is 28.4 Å². The molecule has 5 heterocycles. The average Bonchev–Trinajstić information content (AvgIpc) is 1.59. The van der Waals surface area contributed by atoms with Crippen LogP contribution in [0.3, 0.4) is 0 Å². The Morgan fingerprint density at radius 2 is 0.489 bits per heavy atom. The van der Waals surface area contributed by atoms with Gasteiger partial charge in [0, 0.05) is 66.1 Å². The van der Waals surface area contributed by atoms with E-state index in [1.165, 1.54) is 0 Å². The first kappa shape index (κ1) is 60.4. The van der Waals surface area contributed by atoms with Gasteiger partial charge >= 0.3 is 0 Å². The summed E-state index contributed by atoms with van der Waals surface area (Å²) in [4.78, 5) is 39.4. The second kappa shape index (κ2) is 22.8. The fourth-order valence-corrected chi connectivity index (χ4v) is 11.9. The average molecular weight is 1230 g/mol. The molecule has 0 aliphatic carbocycles. The van der Waals surface area contributed by atoms with Crippen LogP contribution in [0.1, 0.15) is 105 Å². The van der Waals surface area contributed by atoms with Gasteiger partial charge < -0.3 is 47.9 Å². The number of nitrogens with zero attached hydrogens (tertiary/aromatic N) is 6. The quantitative estimate of drug-likeness (QED) is 0.118. The van der Waals surface area contributed by atoms with Crippen molar-refractivity contribution in [1.82, 2.24) is 39.9 Å². The van der Waals surface area contributed by atoms with Crippen molar-refractivity contribution < 1.29 is 37.9 Å². The van der Waals surface area contributed by atoms with Crippen LogP contribution < -0.4 is 37.9 Å². The van der Waals surface area contributed by atoms with E-state index >= 15 is 0 Å². The minimum absolute atomic E-state index is 0.218. The molecule has 0 unspecified atom stereocenters. The zero-order chi connectivity index (χ0) is 64.8. The van der Waals surface area contributed by atoms with Crippen LogP contribution in [-0.2, 0) is 21.7 Å². The van der Waals surface area contributed by atoms with Crippen LogP contribution in [-0.4, -0.2) is 68.3 Å². The molecule has 0 amide bonds. The standard InChI is InChI=1S/C76H74N8O8/c1-73(2,3)57-37-45(21-29-61(57)85-13)89-41-17-25-49-53(33-41)69-77-65(49)82-70-55-35-43(91-47-23-31-63(87-15)59(39-47)75(7,8)9)19-27-51(55)67(79-70)84-72-56-36-44(92-48-24-32-64(88-16)60(40-48)76(10,11)12)20-28-52(56)68(80-72)83-71-54-34-42(18-26-50(54)66(78-71)81-69)90-46-22-30-62(86-14)58(38-46)74(4,5)6/h17-40H,1-16H3,(H2,77,78,79,80,81,82,83,84). The van der Waals surface area contributed by atoms with Crippen molar-refractivity contribution in [2.24, 2.45) is 0 Å². The first-order valence-corrected chi connectivity index (χ1v) is 30.7. The molecule has 8 bridgehead atoms. The van der Waals surface area contributed by atoms with E-state index in [1.807, 2.05) is 146 Å². The maximum absolute atomic E-state index is 6.70. The molecule has 0 radical (unpaired) electrons. The SMILES string of the molecule is COc1ccc(Oc2ccc3c(c2)-c2nc-3nc3[nH]c(nc4nc(nc5[nH]c(n2)c2ccc(Oc6ccc(OC)c(C(C)(C)C)c6)cc52)-c2ccc(Oc5ccc(OC)c(C(C)(C)C)c5)cc2-4)c2ccc(Oc4ccc(OC)c(C(C)(C)C)c4)cc32)cc1C(C)(C)C. The van der Waals surface area contributed by atoms with Crippen molar-refractivity contribution >= 4 is 44.1 Å². The Bertz CT molecular complexity index is 4630. The van der Waals surface area contributed by atoms with Gasteiger partial charge in [0.15, 0.2) is 23.3 Å². The fraction of sp³-hybridized carbons (Fsp3) is 0.263. The normalized spacial score (nSPS) is 12.3. The molecule has 466 valence electrons. The summed E-state index contributed by atoms with van der Waals surface area (Å²) in [5.74, 6) is 9.63. The first-order chi connectivity index (χ1) is 43.8. The summed E-state index contributed by atoms with van der Waals surface area (Å²) in [7, 11) is 6.73. The Hall–Kier alpha value is -10.5. The molecule has 2 aliphatic rings. The van der Waals surface area contributed by atoms with E-state index in [0.717, 1.165) is 77.9 Å². The Morgan fingerprint density at radius 1 is 0.250 bits per heavy atom. The number of nitrogens with one attached hydrogen (secondary N) is 2. The van der Waals surface area contributed by atoms with Gasteiger partial charge in [-0.05, 0) is 167 Å². The zero-order valence-corrected chi connectivity index (χ0v) is 54.8. The van der Waals surface area contributed by atoms with Crippen LogP contribution in [0.4, 0.5) is 0 Å². The highest BCUT2D eigenvalue weighted by Crippen LogP contribution is 2.45. The lowest BCUT2D eigenvalue weighted by atomic mass is 9.86. The molecule has 16 heteroatoms. The summed E-state index contributed by atoms with van der Waals surface area (Å²) in [6.07, 6.45) is 0. The van der Waals surface area contributed by atoms with Crippen molar-refractivity contribution in [3.8, 4) is 115 Å². The third-order valence-electron chi connectivity index (χ3n) is 16.6. The van der Waals surface area contributed by atoms with E-state index in [0.29, 0.717) is 103 Å². The predicted octanol–water partition coefficient (Wildman–Crippen LogP) is 19.3. The van der Waals surface area contributed by atoms with Gasteiger partial charge in [0.2, 0.25) is 0 Å². The van der Waals surface area contributed by atoms with Gasteiger partial charge in [-0.1, -0.05) is 83.1 Å². The third-order valence-corrected chi connectivity index (χ3v) is 16.6. The smallest absolute Gasteiger partial charge is 0.164 e. The summed E-state index contributed by atoms with van der Waals surface area (Å²) in [5, 5.41) is 2.95. The number of hydrogen-bond donors (Lipinski definition) is 2. The number of benzene rings is 8. The summed E-state index contributed by atoms with van der Waals surface area (Å²) < 4.78 is 49.9. The summed E-state index contributed by atoms with van der Waals surface area (Å²) in [5.41, 5.74) is 7.96. The van der Waals surface area contributed by atoms with Gasteiger partial charge in [-0.25, -0.2) is 29.9 Å². The number of fused-ring (bicyclic) bond motifs is 20. The highest BCUT2D eigenvalue weighted by atomic mass is 16.5. The Labute approximate surface area is 535 Å². The van der Waals surface area contributed by atoms with E-state index in [2.05, 4.69) is 93.1 Å². The predicted molar refractivity (Wildman–Crippen MR) is 363 cm³/mol. The van der Waals surface area contributed by atoms with Crippen molar-refractivity contribution in [1.29, 1.82) is 0 Å². The van der Waals surface area contributed by atoms with Crippen LogP contribution in [0.5, 0.6) is 69.0 Å². The molecule has 0 fully saturated rings. The molecule has 11 aromatic rings. The van der Waals surface area contributed by atoms with Crippen LogP contribution in [0.25, 0.3) is 89.7 Å². The Morgan fingerprint density at radius 3 is 0.772 bits per heavy atom. The molecule has 2 N–H and O–H groups in total. The monoisotopic (exact) mass is 1230 g/mol. The summed E-state index contributed by atoms with van der Waals surface area (Å²) in [6.45, 7) is 25.8. The molecule has 92 heavy (non-hydrogen) atoms. The lowest BCUT2D eigenvalue weighted by Gasteiger charge is -2.23. The number of H-pyrrole nitrogens is 2. The molecule has 3 aromatic heterocycles. The van der Waals surface area contributed by atoms with Crippen LogP contribution in [0, 0.1) is 0 Å². The van der Waals surface area contributed by atoms with Gasteiger partial charge in [0.25, 0.3) is 0 Å². The molecule has 0 atom stereocenters. The van der Waals surface area contributed by atoms with Gasteiger partial charge in [-0.15, -0.1) is 0 Å². The molecule has 13 rings (SSSR count). The van der Waals surface area contributed by atoms with E-state index in [-0.39, 0.29) is 21.7 Å². The molecule has 0 saturated carbocycles. The largest absolute Gasteiger partial charge is 0.496 e. The molecule has 0 saturated heterocycles. The number of aromatic amines is 2. The van der Waals surface area contributed by atoms with Crippen molar-refractivity contribution in [2.75, 3.05) is 28.4 Å². The number of hydrogen-bond acceptors (Lipinski definition) is 14. The second-order valence-electron chi connectivity index (χ2n) is 27.3.